The van der Waals surface area contributed by atoms with Crippen LogP contribution in [-0.4, -0.2) is 56.2 Å². The molecule has 158 valence electrons. The van der Waals surface area contributed by atoms with Crippen LogP contribution in [0.25, 0.3) is 5.57 Å². The lowest BCUT2D eigenvalue weighted by Crippen LogP contribution is -2.35. The highest BCUT2D eigenvalue weighted by molar-refractivity contribution is 6.45. The van der Waals surface area contributed by atoms with Gasteiger partial charge in [0, 0.05) is 19.7 Å². The van der Waals surface area contributed by atoms with Gasteiger partial charge < -0.3 is 19.5 Å². The van der Waals surface area contributed by atoms with Crippen LogP contribution < -0.4 is 14.4 Å². The van der Waals surface area contributed by atoms with Gasteiger partial charge in [0.15, 0.2) is 11.5 Å². The lowest BCUT2D eigenvalue weighted by molar-refractivity contribution is -0.120. The van der Waals surface area contributed by atoms with Gasteiger partial charge in [-0.2, -0.15) is 0 Å². The van der Waals surface area contributed by atoms with E-state index in [9.17, 15) is 23.5 Å². The number of aliphatic hydroxyl groups excluding tert-OH is 1. The normalized spacial score (nSPS) is 13.9. The first-order valence-corrected chi connectivity index (χ1v) is 8.96. The molecule has 1 aliphatic rings. The number of nitrogens with zero attached hydrogens (tertiary/aromatic N) is 2. The summed E-state index contributed by atoms with van der Waals surface area (Å²) in [6.07, 6.45) is 0. The minimum Gasteiger partial charge on any atom is -0.493 e. The number of benzene rings is 2. The monoisotopic (exact) mass is 418 g/mol. The van der Waals surface area contributed by atoms with Gasteiger partial charge in [0.2, 0.25) is 0 Å². The molecule has 2 aromatic carbocycles. The number of aliphatic hydroxyl groups is 1. The summed E-state index contributed by atoms with van der Waals surface area (Å²) >= 11 is 0. The number of likely N-dealkylation sites (N-methyl/N-ethyl adjacent to an activating group) is 1. The molecule has 0 saturated carbocycles. The Morgan fingerprint density at radius 3 is 2.30 bits per heavy atom. The quantitative estimate of drug-likeness (QED) is 0.695. The maximum atomic E-state index is 14.4. The van der Waals surface area contributed by atoms with Gasteiger partial charge in [-0.1, -0.05) is 6.07 Å². The first-order chi connectivity index (χ1) is 14.3. The Balaban J connectivity index is 2.18. The summed E-state index contributed by atoms with van der Waals surface area (Å²) in [5, 5.41) is 9.30. The zero-order valence-corrected chi connectivity index (χ0v) is 16.6. The number of amides is 2. The molecule has 1 N–H and O–H groups in total. The van der Waals surface area contributed by atoms with Crippen molar-refractivity contribution in [2.45, 2.75) is 0 Å². The van der Waals surface area contributed by atoms with Crippen LogP contribution in [0.1, 0.15) is 5.56 Å². The average Bonchev–Trinajstić information content (AvgIpc) is 2.98. The molecular weight excluding hydrogens is 398 g/mol. The molecule has 3 rings (SSSR count). The van der Waals surface area contributed by atoms with Gasteiger partial charge in [0.05, 0.1) is 32.1 Å². The highest BCUT2D eigenvalue weighted by atomic mass is 19.1. The zero-order chi connectivity index (χ0) is 22.0. The highest BCUT2D eigenvalue weighted by Crippen LogP contribution is 2.38. The average molecular weight is 418 g/mol. The Kier molecular flexibility index (Phi) is 6.02. The van der Waals surface area contributed by atoms with Crippen LogP contribution in [0.4, 0.5) is 14.5 Å². The summed E-state index contributed by atoms with van der Waals surface area (Å²) in [5.74, 6) is -2.69. The first-order valence-electron chi connectivity index (χ1n) is 8.96. The number of rotatable bonds is 7. The van der Waals surface area contributed by atoms with E-state index in [-0.39, 0.29) is 30.1 Å². The molecule has 0 aliphatic carbocycles. The molecule has 0 aromatic heterocycles. The van der Waals surface area contributed by atoms with E-state index in [2.05, 4.69) is 0 Å². The van der Waals surface area contributed by atoms with Crippen molar-refractivity contribution in [3.05, 3.63) is 59.3 Å². The molecule has 0 bridgehead atoms. The van der Waals surface area contributed by atoms with Crippen molar-refractivity contribution < 1.29 is 33.0 Å². The predicted molar refractivity (Wildman–Crippen MR) is 105 cm³/mol. The number of hydrogen-bond donors (Lipinski definition) is 1. The van der Waals surface area contributed by atoms with E-state index in [1.807, 2.05) is 0 Å². The van der Waals surface area contributed by atoms with E-state index in [4.69, 9.17) is 9.47 Å². The Morgan fingerprint density at radius 1 is 1.00 bits per heavy atom. The number of methoxy groups -OCH3 is 2. The molecule has 7 nitrogen and oxygen atoms in total. The van der Waals surface area contributed by atoms with Gasteiger partial charge >= 0.3 is 0 Å². The minimum atomic E-state index is -1.05. The van der Waals surface area contributed by atoms with Crippen LogP contribution in [0, 0.1) is 11.6 Å². The summed E-state index contributed by atoms with van der Waals surface area (Å²) in [7, 11) is 4.42. The van der Waals surface area contributed by atoms with E-state index in [0.29, 0.717) is 28.0 Å². The van der Waals surface area contributed by atoms with Crippen molar-refractivity contribution in [3.8, 4) is 11.5 Å². The van der Waals surface area contributed by atoms with Crippen LogP contribution >= 0.6 is 0 Å². The maximum absolute atomic E-state index is 14.4. The van der Waals surface area contributed by atoms with Crippen LogP contribution in [-0.2, 0) is 9.59 Å². The van der Waals surface area contributed by atoms with Crippen molar-refractivity contribution in [2.24, 2.45) is 0 Å². The maximum Gasteiger partial charge on any atom is 0.282 e. The summed E-state index contributed by atoms with van der Waals surface area (Å²) in [4.78, 5) is 28.5. The van der Waals surface area contributed by atoms with Crippen molar-refractivity contribution in [3.63, 3.8) is 0 Å². The third-order valence-electron chi connectivity index (χ3n) is 4.70. The smallest absolute Gasteiger partial charge is 0.282 e. The van der Waals surface area contributed by atoms with Crippen LogP contribution in [0.3, 0.4) is 0 Å². The molecule has 0 saturated heterocycles. The van der Waals surface area contributed by atoms with Crippen molar-refractivity contribution >= 4 is 23.1 Å². The second kappa shape index (κ2) is 8.50. The van der Waals surface area contributed by atoms with Gasteiger partial charge in [0.1, 0.15) is 17.3 Å². The SMILES string of the molecule is COc1ccc(C2=C(N(C)CCO)C(=O)N(c3ccc(F)cc3F)C2=O)cc1OC. The number of imide groups is 1. The zero-order valence-electron chi connectivity index (χ0n) is 16.6. The number of anilines is 1. The molecule has 9 heteroatoms. The topological polar surface area (TPSA) is 79.3 Å². The van der Waals surface area contributed by atoms with E-state index in [1.165, 1.54) is 32.2 Å². The molecule has 0 radical (unpaired) electrons. The molecule has 0 spiro atoms. The van der Waals surface area contributed by atoms with Crippen molar-refractivity contribution in [1.82, 2.24) is 4.90 Å². The number of hydrogen-bond acceptors (Lipinski definition) is 6. The Bertz CT molecular complexity index is 1040. The van der Waals surface area contributed by atoms with Crippen molar-refractivity contribution in [2.75, 3.05) is 39.3 Å². The highest BCUT2D eigenvalue weighted by Gasteiger charge is 2.42. The Morgan fingerprint density at radius 2 is 1.70 bits per heavy atom. The van der Waals surface area contributed by atoms with Gasteiger partial charge in [0.25, 0.3) is 11.8 Å². The standard InChI is InChI=1S/C21H20F2N2O5/c1-24(8-9-26)19-18(12-4-7-16(29-2)17(10-12)30-3)20(27)25(21(19)28)15-6-5-13(22)11-14(15)23/h4-7,10-11,26H,8-9H2,1-3H3. The lowest BCUT2D eigenvalue weighted by Gasteiger charge is -2.20. The van der Waals surface area contributed by atoms with Crippen molar-refractivity contribution in [1.29, 1.82) is 0 Å². The number of halogens is 2. The molecular formula is C21H20F2N2O5. The molecule has 1 heterocycles. The first kappa shape index (κ1) is 21.3. The summed E-state index contributed by atoms with van der Waals surface area (Å²) in [6, 6.07) is 7.26. The number of carbonyl (C=O) groups excluding carboxylic acids is 2. The van der Waals surface area contributed by atoms with E-state index >= 15 is 0 Å². The molecule has 0 atom stereocenters. The fourth-order valence-electron chi connectivity index (χ4n) is 3.27. The molecule has 0 fully saturated rings. The lowest BCUT2D eigenvalue weighted by atomic mass is 10.0. The van der Waals surface area contributed by atoms with Crippen LogP contribution in [0.2, 0.25) is 0 Å². The van der Waals surface area contributed by atoms with Crippen LogP contribution in [0.15, 0.2) is 42.1 Å². The predicted octanol–water partition coefficient (Wildman–Crippen LogP) is 2.19. The van der Waals surface area contributed by atoms with Gasteiger partial charge in [-0.15, -0.1) is 0 Å². The Hall–Kier alpha value is -3.46. The minimum absolute atomic E-state index is 0.000582. The summed E-state index contributed by atoms with van der Waals surface area (Å²) in [6.45, 7) is -0.212. The summed E-state index contributed by atoms with van der Waals surface area (Å²) < 4.78 is 38.2. The molecule has 30 heavy (non-hydrogen) atoms. The summed E-state index contributed by atoms with van der Waals surface area (Å²) in [5.41, 5.74) is -0.0433. The third-order valence-corrected chi connectivity index (χ3v) is 4.70. The third kappa shape index (κ3) is 3.59. The Labute approximate surface area is 171 Å². The molecule has 0 unspecified atom stereocenters. The second-order valence-corrected chi connectivity index (χ2v) is 6.48. The second-order valence-electron chi connectivity index (χ2n) is 6.48. The van der Waals surface area contributed by atoms with Gasteiger partial charge in [-0.25, -0.2) is 13.7 Å². The van der Waals surface area contributed by atoms with E-state index in [0.717, 1.165) is 12.1 Å². The van der Waals surface area contributed by atoms with E-state index < -0.39 is 23.4 Å². The van der Waals surface area contributed by atoms with E-state index in [1.54, 1.807) is 12.1 Å². The largest absolute Gasteiger partial charge is 0.493 e. The molecule has 2 aromatic rings. The fraction of sp³-hybridized carbons (Fsp3) is 0.238. The molecule has 1 aliphatic heterocycles. The number of ether oxygens (including phenoxy) is 2. The van der Waals surface area contributed by atoms with Gasteiger partial charge in [-0.3, -0.25) is 9.59 Å². The number of carbonyl (C=O) groups is 2. The fourth-order valence-corrected chi connectivity index (χ4v) is 3.27. The molecule has 2 amide bonds. The van der Waals surface area contributed by atoms with Crippen LogP contribution in [0.5, 0.6) is 11.5 Å². The van der Waals surface area contributed by atoms with Gasteiger partial charge in [-0.05, 0) is 29.8 Å².